The molecule has 0 unspecified atom stereocenters. The average Bonchev–Trinajstić information content (AvgIpc) is 2.97. The minimum Gasteiger partial charge on any atom is -0.395 e. The number of amides is 2. The molecule has 0 saturated heterocycles. The molecule has 2 amide bonds. The van der Waals surface area contributed by atoms with Gasteiger partial charge in [-0.1, -0.05) is 11.8 Å². The van der Waals surface area contributed by atoms with Crippen LogP contribution in [0.15, 0.2) is 45.8 Å². The third-order valence-corrected chi connectivity index (χ3v) is 4.93. The molecule has 1 aliphatic rings. The molecule has 2 aromatic carbocycles. The maximum absolute atomic E-state index is 13.8. The molecule has 2 aromatic rings. The number of halogens is 5. The maximum Gasteiger partial charge on any atom is 0.277 e. The Bertz CT molecular complexity index is 998. The largest absolute Gasteiger partial charge is 0.395 e. The fourth-order valence-electron chi connectivity index (χ4n) is 2.46. The highest BCUT2D eigenvalue weighted by Gasteiger charge is 2.30. The molecule has 152 valence electrons. The van der Waals surface area contributed by atoms with E-state index in [0.29, 0.717) is 17.4 Å². The van der Waals surface area contributed by atoms with Gasteiger partial charge < -0.3 is 10.4 Å². The fourth-order valence-corrected chi connectivity index (χ4v) is 3.33. The van der Waals surface area contributed by atoms with Crippen LogP contribution in [0.4, 0.5) is 27.6 Å². The van der Waals surface area contributed by atoms with Crippen LogP contribution in [0.5, 0.6) is 0 Å². The second-order valence-corrected chi connectivity index (χ2v) is 6.81. The molecule has 1 aliphatic heterocycles. The lowest BCUT2D eigenvalue weighted by atomic mass is 10.3. The van der Waals surface area contributed by atoms with Crippen molar-refractivity contribution in [2.75, 3.05) is 18.5 Å². The van der Waals surface area contributed by atoms with Gasteiger partial charge in [0.25, 0.3) is 11.8 Å². The number of aliphatic hydroxyl groups excluding tert-OH is 1. The molecule has 0 fully saturated rings. The number of nitrogens with one attached hydrogen (secondary N) is 1. The number of aliphatic hydroxyl groups is 1. The highest BCUT2D eigenvalue weighted by Crippen LogP contribution is 2.36. The Balaban J connectivity index is 1.77. The first-order valence-electron chi connectivity index (χ1n) is 7.99. The van der Waals surface area contributed by atoms with Gasteiger partial charge in [0, 0.05) is 16.7 Å². The first-order valence-corrected chi connectivity index (χ1v) is 8.81. The summed E-state index contributed by atoms with van der Waals surface area (Å²) in [5.41, 5.74) is 0.300. The van der Waals surface area contributed by atoms with Gasteiger partial charge in [0.15, 0.2) is 23.3 Å². The van der Waals surface area contributed by atoms with Gasteiger partial charge in [-0.3, -0.25) is 14.5 Å². The number of nitrogens with zero attached hydrogens (tertiary/aromatic N) is 1. The van der Waals surface area contributed by atoms with E-state index in [-0.39, 0.29) is 23.7 Å². The molecular weight excluding hydrogens is 419 g/mol. The van der Waals surface area contributed by atoms with Crippen LogP contribution in [0.2, 0.25) is 0 Å². The molecule has 0 saturated carbocycles. The third kappa shape index (κ3) is 3.96. The van der Waals surface area contributed by atoms with Crippen molar-refractivity contribution in [1.29, 1.82) is 0 Å². The number of anilines is 1. The molecule has 0 atom stereocenters. The standard InChI is InChI=1S/C18H11F5N2O3S/c19-12-13(20)15(22)17(16(23)14(12)21)29-9-3-1-8(2-4-9)24-10-7-11(27)25(5-6-26)18(10)28/h1-4,7,24,26H,5-6H2. The first kappa shape index (κ1) is 20.8. The van der Waals surface area contributed by atoms with Gasteiger partial charge in [0.1, 0.15) is 5.70 Å². The molecule has 11 heteroatoms. The molecule has 5 nitrogen and oxygen atoms in total. The van der Waals surface area contributed by atoms with Crippen LogP contribution in [0.1, 0.15) is 0 Å². The van der Waals surface area contributed by atoms with Crippen molar-refractivity contribution in [1.82, 2.24) is 4.90 Å². The second kappa shape index (κ2) is 8.21. The van der Waals surface area contributed by atoms with Crippen molar-refractivity contribution in [3.05, 3.63) is 65.1 Å². The van der Waals surface area contributed by atoms with Gasteiger partial charge in [-0.15, -0.1) is 0 Å². The Labute approximate surface area is 164 Å². The predicted octanol–water partition coefficient (Wildman–Crippen LogP) is 3.19. The zero-order valence-corrected chi connectivity index (χ0v) is 15.1. The van der Waals surface area contributed by atoms with Crippen LogP contribution in [-0.2, 0) is 9.59 Å². The molecule has 29 heavy (non-hydrogen) atoms. The Hall–Kier alpha value is -2.92. The van der Waals surface area contributed by atoms with Gasteiger partial charge in [0.2, 0.25) is 5.82 Å². The van der Waals surface area contributed by atoms with Crippen molar-refractivity contribution in [3.63, 3.8) is 0 Å². The second-order valence-electron chi connectivity index (χ2n) is 5.73. The molecule has 0 aliphatic carbocycles. The fraction of sp³-hybridized carbons (Fsp3) is 0.111. The maximum atomic E-state index is 13.8. The topological polar surface area (TPSA) is 69.6 Å². The van der Waals surface area contributed by atoms with Gasteiger partial charge in [-0.25, -0.2) is 22.0 Å². The van der Waals surface area contributed by atoms with E-state index in [4.69, 9.17) is 5.11 Å². The lowest BCUT2D eigenvalue weighted by molar-refractivity contribution is -0.137. The van der Waals surface area contributed by atoms with Crippen molar-refractivity contribution in [2.45, 2.75) is 9.79 Å². The summed E-state index contributed by atoms with van der Waals surface area (Å²) in [5, 5.41) is 11.6. The van der Waals surface area contributed by atoms with Crippen molar-refractivity contribution in [3.8, 4) is 0 Å². The van der Waals surface area contributed by atoms with Crippen LogP contribution >= 0.6 is 11.8 Å². The average molecular weight is 430 g/mol. The summed E-state index contributed by atoms with van der Waals surface area (Å²) in [4.78, 5) is 23.7. The quantitative estimate of drug-likeness (QED) is 0.319. The Kier molecular flexibility index (Phi) is 5.89. The summed E-state index contributed by atoms with van der Waals surface area (Å²) >= 11 is 0.341. The van der Waals surface area contributed by atoms with Crippen molar-refractivity contribution in [2.24, 2.45) is 0 Å². The SMILES string of the molecule is O=C1C=C(Nc2ccc(Sc3c(F)c(F)c(F)c(F)c3F)cc2)C(=O)N1CCO. The van der Waals surface area contributed by atoms with E-state index in [9.17, 15) is 31.5 Å². The van der Waals surface area contributed by atoms with Crippen LogP contribution < -0.4 is 5.32 Å². The van der Waals surface area contributed by atoms with E-state index in [1.165, 1.54) is 24.3 Å². The summed E-state index contributed by atoms with van der Waals surface area (Å²) in [5.74, 6) is -11.4. The normalized spacial score (nSPS) is 13.9. The summed E-state index contributed by atoms with van der Waals surface area (Å²) in [6.07, 6.45) is 1.05. The van der Waals surface area contributed by atoms with Gasteiger partial charge in [0.05, 0.1) is 18.0 Å². The van der Waals surface area contributed by atoms with E-state index < -0.39 is 45.8 Å². The molecule has 0 radical (unpaired) electrons. The summed E-state index contributed by atoms with van der Waals surface area (Å²) < 4.78 is 67.2. The predicted molar refractivity (Wildman–Crippen MR) is 92.3 cm³/mol. The Morgan fingerprint density at radius 3 is 2.00 bits per heavy atom. The number of carbonyl (C=O) groups excluding carboxylic acids is 2. The summed E-state index contributed by atoms with van der Waals surface area (Å²) in [7, 11) is 0. The number of benzene rings is 2. The zero-order chi connectivity index (χ0) is 21.3. The number of carbonyl (C=O) groups is 2. The first-order chi connectivity index (χ1) is 13.7. The highest BCUT2D eigenvalue weighted by molar-refractivity contribution is 7.99. The zero-order valence-electron chi connectivity index (χ0n) is 14.3. The van der Waals surface area contributed by atoms with Gasteiger partial charge in [-0.2, -0.15) is 0 Å². The Morgan fingerprint density at radius 1 is 0.897 bits per heavy atom. The van der Waals surface area contributed by atoms with E-state index in [0.717, 1.165) is 11.0 Å². The van der Waals surface area contributed by atoms with Gasteiger partial charge in [-0.05, 0) is 24.3 Å². The molecule has 0 spiro atoms. The molecular formula is C18H11F5N2O3S. The number of β-amino-alcohol motifs (C(OH)–C–C–N with tert-alkyl or cyclic N) is 1. The van der Waals surface area contributed by atoms with E-state index >= 15 is 0 Å². The van der Waals surface area contributed by atoms with Crippen LogP contribution in [0.25, 0.3) is 0 Å². The number of hydrogen-bond acceptors (Lipinski definition) is 5. The number of imide groups is 1. The van der Waals surface area contributed by atoms with Crippen LogP contribution in [0.3, 0.4) is 0 Å². The van der Waals surface area contributed by atoms with Gasteiger partial charge >= 0.3 is 0 Å². The van der Waals surface area contributed by atoms with Crippen LogP contribution in [0, 0.1) is 29.1 Å². The number of hydrogen-bond donors (Lipinski definition) is 2. The van der Waals surface area contributed by atoms with E-state index in [1.54, 1.807) is 0 Å². The molecule has 0 aromatic heterocycles. The molecule has 1 heterocycles. The molecule has 3 rings (SSSR count). The minimum atomic E-state index is -2.23. The minimum absolute atomic E-state index is 0.0383. The summed E-state index contributed by atoms with van der Waals surface area (Å²) in [6, 6.07) is 5.44. The lowest BCUT2D eigenvalue weighted by Gasteiger charge is -2.13. The van der Waals surface area contributed by atoms with E-state index in [2.05, 4.69) is 5.32 Å². The van der Waals surface area contributed by atoms with Crippen LogP contribution in [-0.4, -0.2) is 35.0 Å². The molecule has 0 bridgehead atoms. The lowest BCUT2D eigenvalue weighted by Crippen LogP contribution is -2.34. The van der Waals surface area contributed by atoms with Crippen molar-refractivity contribution < 1.29 is 36.6 Å². The summed E-state index contributed by atoms with van der Waals surface area (Å²) in [6.45, 7) is -0.543. The highest BCUT2D eigenvalue weighted by atomic mass is 32.2. The van der Waals surface area contributed by atoms with Crippen molar-refractivity contribution >= 4 is 29.3 Å². The Morgan fingerprint density at radius 2 is 1.45 bits per heavy atom. The number of rotatable bonds is 6. The smallest absolute Gasteiger partial charge is 0.277 e. The monoisotopic (exact) mass is 430 g/mol. The third-order valence-electron chi connectivity index (χ3n) is 3.86. The molecule has 2 N–H and O–H groups in total. The van der Waals surface area contributed by atoms with E-state index in [1.807, 2.05) is 0 Å².